The van der Waals surface area contributed by atoms with Gasteiger partial charge in [-0.15, -0.1) is 11.3 Å². The first kappa shape index (κ1) is 15.9. The number of rotatable bonds is 5. The van der Waals surface area contributed by atoms with Crippen molar-refractivity contribution >= 4 is 17.2 Å². The van der Waals surface area contributed by atoms with Crippen molar-refractivity contribution in [3.8, 4) is 23.0 Å². The highest BCUT2D eigenvalue weighted by Crippen LogP contribution is 2.23. The number of hydrogen-bond donors (Lipinski definition) is 1. The summed E-state index contributed by atoms with van der Waals surface area (Å²) in [5.74, 6) is 0.511. The van der Waals surface area contributed by atoms with Crippen LogP contribution in [-0.2, 0) is 4.74 Å². The Bertz CT molecular complexity index is 858. The van der Waals surface area contributed by atoms with Crippen LogP contribution in [0, 0.1) is 0 Å². The molecule has 1 atom stereocenters. The van der Waals surface area contributed by atoms with Crippen LogP contribution < -0.4 is 5.32 Å². The molecule has 0 aliphatic carbocycles. The van der Waals surface area contributed by atoms with Gasteiger partial charge in [0.15, 0.2) is 5.01 Å². The summed E-state index contributed by atoms with van der Waals surface area (Å²) in [7, 11) is 0. The van der Waals surface area contributed by atoms with Gasteiger partial charge in [-0.2, -0.15) is 4.98 Å². The van der Waals surface area contributed by atoms with Crippen LogP contribution in [0.2, 0.25) is 0 Å². The van der Waals surface area contributed by atoms with Crippen LogP contribution in [-0.4, -0.2) is 45.3 Å². The molecule has 0 bridgehead atoms. The Labute approximate surface area is 147 Å². The normalized spacial score (nSPS) is 16.9. The molecule has 0 aromatic carbocycles. The van der Waals surface area contributed by atoms with Crippen molar-refractivity contribution in [2.45, 2.75) is 18.9 Å². The van der Waals surface area contributed by atoms with Crippen molar-refractivity contribution in [2.24, 2.45) is 0 Å². The van der Waals surface area contributed by atoms with Crippen molar-refractivity contribution in [1.82, 2.24) is 25.4 Å². The van der Waals surface area contributed by atoms with E-state index in [0.29, 0.717) is 23.1 Å². The van der Waals surface area contributed by atoms with Crippen LogP contribution in [0.3, 0.4) is 0 Å². The van der Waals surface area contributed by atoms with E-state index in [1.807, 2.05) is 0 Å². The van der Waals surface area contributed by atoms with Gasteiger partial charge in [0.1, 0.15) is 5.69 Å². The predicted octanol–water partition coefficient (Wildman–Crippen LogP) is 2.16. The van der Waals surface area contributed by atoms with Crippen LogP contribution in [0.15, 0.2) is 34.4 Å². The van der Waals surface area contributed by atoms with Crippen LogP contribution in [0.4, 0.5) is 0 Å². The molecule has 128 valence electrons. The largest absolute Gasteiger partial charge is 0.376 e. The van der Waals surface area contributed by atoms with Gasteiger partial charge >= 0.3 is 0 Å². The maximum Gasteiger partial charge on any atom is 0.280 e. The first-order chi connectivity index (χ1) is 12.3. The van der Waals surface area contributed by atoms with E-state index in [1.54, 1.807) is 29.9 Å². The molecule has 3 aromatic rings. The van der Waals surface area contributed by atoms with Crippen molar-refractivity contribution < 1.29 is 14.1 Å². The van der Waals surface area contributed by atoms with Gasteiger partial charge in [-0.05, 0) is 25.0 Å². The molecule has 1 N–H and O–H groups in total. The lowest BCUT2D eigenvalue weighted by Crippen LogP contribution is -2.31. The van der Waals surface area contributed by atoms with Gasteiger partial charge in [0.2, 0.25) is 5.82 Å². The molecule has 1 unspecified atom stereocenters. The third-order valence-electron chi connectivity index (χ3n) is 3.80. The number of hydrogen-bond acceptors (Lipinski definition) is 8. The number of pyridine rings is 1. The van der Waals surface area contributed by atoms with Crippen molar-refractivity contribution in [3.05, 3.63) is 34.9 Å². The highest BCUT2D eigenvalue weighted by atomic mass is 32.1. The quantitative estimate of drug-likeness (QED) is 0.746. The average Bonchev–Trinajstić information content (AvgIpc) is 3.41. The Balaban J connectivity index is 1.44. The minimum absolute atomic E-state index is 0.0993. The van der Waals surface area contributed by atoms with Gasteiger partial charge in [0.05, 0.1) is 6.10 Å². The third kappa shape index (κ3) is 3.57. The number of aromatic nitrogens is 4. The summed E-state index contributed by atoms with van der Waals surface area (Å²) in [6.07, 6.45) is 5.43. The van der Waals surface area contributed by atoms with E-state index in [-0.39, 0.29) is 17.9 Å². The Morgan fingerprint density at radius 3 is 3.00 bits per heavy atom. The van der Waals surface area contributed by atoms with E-state index in [2.05, 4.69) is 25.4 Å². The number of ether oxygens (including phenoxy) is 1. The van der Waals surface area contributed by atoms with Gasteiger partial charge in [-0.1, -0.05) is 5.16 Å². The minimum Gasteiger partial charge on any atom is -0.376 e. The van der Waals surface area contributed by atoms with Crippen LogP contribution in [0.25, 0.3) is 23.0 Å². The highest BCUT2D eigenvalue weighted by Gasteiger charge is 2.20. The molecular formula is C16H15N5O3S. The standard InChI is InChI=1S/C16H15N5O3S/c22-14(18-8-11-2-1-7-23-11)16-19-12(9-25-16)15-20-13(21-24-15)10-3-5-17-6-4-10/h3-6,9,11H,1-2,7-8H2,(H,18,22). The van der Waals surface area contributed by atoms with Crippen LogP contribution in [0.1, 0.15) is 22.6 Å². The first-order valence-electron chi connectivity index (χ1n) is 7.89. The molecule has 1 amide bonds. The molecule has 1 aliphatic rings. The summed E-state index contributed by atoms with van der Waals surface area (Å²) in [6.45, 7) is 1.26. The number of amides is 1. The second-order valence-corrected chi connectivity index (χ2v) is 6.40. The number of nitrogens with zero attached hydrogens (tertiary/aromatic N) is 4. The van der Waals surface area contributed by atoms with Gasteiger partial charge in [-0.3, -0.25) is 9.78 Å². The minimum atomic E-state index is -0.222. The number of thiazole rings is 1. The lowest BCUT2D eigenvalue weighted by Gasteiger charge is -2.09. The summed E-state index contributed by atoms with van der Waals surface area (Å²) in [5, 5.41) is 8.87. The van der Waals surface area contributed by atoms with Crippen molar-refractivity contribution in [1.29, 1.82) is 0 Å². The molecule has 0 spiro atoms. The molecule has 9 heteroatoms. The topological polar surface area (TPSA) is 103 Å². The van der Waals surface area contributed by atoms with E-state index in [4.69, 9.17) is 9.26 Å². The lowest BCUT2D eigenvalue weighted by atomic mass is 10.2. The number of carbonyl (C=O) groups is 1. The fourth-order valence-corrected chi connectivity index (χ4v) is 3.22. The smallest absolute Gasteiger partial charge is 0.280 e. The SMILES string of the molecule is O=C(NCC1CCCO1)c1nc(-c2nc(-c3ccncc3)no2)cs1. The van der Waals surface area contributed by atoms with Crippen molar-refractivity contribution in [2.75, 3.05) is 13.2 Å². The second-order valence-electron chi connectivity index (χ2n) is 5.54. The molecule has 1 aliphatic heterocycles. The van der Waals surface area contributed by atoms with Gasteiger partial charge in [0, 0.05) is 36.5 Å². The van der Waals surface area contributed by atoms with Crippen LogP contribution >= 0.6 is 11.3 Å². The molecule has 4 rings (SSSR count). The molecular weight excluding hydrogens is 342 g/mol. The average molecular weight is 357 g/mol. The Kier molecular flexibility index (Phi) is 4.49. The van der Waals surface area contributed by atoms with E-state index in [0.717, 1.165) is 25.0 Å². The van der Waals surface area contributed by atoms with E-state index in [9.17, 15) is 4.79 Å². The summed E-state index contributed by atoms with van der Waals surface area (Å²) in [5.41, 5.74) is 1.29. The summed E-state index contributed by atoms with van der Waals surface area (Å²) < 4.78 is 10.7. The summed E-state index contributed by atoms with van der Waals surface area (Å²) in [4.78, 5) is 24.7. The molecule has 1 saturated heterocycles. The van der Waals surface area contributed by atoms with E-state index >= 15 is 0 Å². The zero-order chi connectivity index (χ0) is 17.1. The zero-order valence-electron chi connectivity index (χ0n) is 13.2. The molecule has 3 aromatic heterocycles. The molecule has 4 heterocycles. The summed E-state index contributed by atoms with van der Waals surface area (Å²) >= 11 is 1.24. The molecule has 25 heavy (non-hydrogen) atoms. The maximum atomic E-state index is 12.2. The second kappa shape index (κ2) is 7.08. The van der Waals surface area contributed by atoms with Crippen molar-refractivity contribution in [3.63, 3.8) is 0 Å². The highest BCUT2D eigenvalue weighted by molar-refractivity contribution is 7.12. The molecule has 0 saturated carbocycles. The van der Waals surface area contributed by atoms with Gasteiger partial charge < -0.3 is 14.6 Å². The first-order valence-corrected chi connectivity index (χ1v) is 8.77. The monoisotopic (exact) mass is 357 g/mol. The fraction of sp³-hybridized carbons (Fsp3) is 0.312. The van der Waals surface area contributed by atoms with E-state index < -0.39 is 0 Å². The van der Waals surface area contributed by atoms with E-state index in [1.165, 1.54) is 11.3 Å². The van der Waals surface area contributed by atoms with Gasteiger partial charge in [0.25, 0.3) is 11.8 Å². The van der Waals surface area contributed by atoms with Crippen LogP contribution in [0.5, 0.6) is 0 Å². The Morgan fingerprint density at radius 1 is 1.32 bits per heavy atom. The number of nitrogens with one attached hydrogen (secondary N) is 1. The summed E-state index contributed by atoms with van der Waals surface area (Å²) in [6, 6.07) is 3.58. The zero-order valence-corrected chi connectivity index (χ0v) is 14.0. The molecule has 1 fully saturated rings. The molecule has 0 radical (unpaired) electrons. The lowest BCUT2D eigenvalue weighted by molar-refractivity contribution is 0.0857. The predicted molar refractivity (Wildman–Crippen MR) is 89.9 cm³/mol. The third-order valence-corrected chi connectivity index (χ3v) is 4.64. The Hall–Kier alpha value is -2.65. The van der Waals surface area contributed by atoms with Gasteiger partial charge in [-0.25, -0.2) is 4.98 Å². The molecule has 8 nitrogen and oxygen atoms in total. The maximum absolute atomic E-state index is 12.2. The number of carbonyl (C=O) groups excluding carboxylic acids is 1. The Morgan fingerprint density at radius 2 is 2.20 bits per heavy atom. The fourth-order valence-electron chi connectivity index (χ4n) is 2.51.